The molecule has 4 nitrogen and oxygen atoms in total. The molecule has 2 aromatic rings. The summed E-state index contributed by atoms with van der Waals surface area (Å²) in [5.41, 5.74) is 2.57. The van der Waals surface area contributed by atoms with Gasteiger partial charge in [0.2, 0.25) is 0 Å². The summed E-state index contributed by atoms with van der Waals surface area (Å²) >= 11 is 0. The Labute approximate surface area is 152 Å². The molecule has 0 radical (unpaired) electrons. The second-order valence-corrected chi connectivity index (χ2v) is 6.83. The molecule has 5 heteroatoms. The van der Waals surface area contributed by atoms with Crippen LogP contribution in [0.1, 0.15) is 53.9 Å². The van der Waals surface area contributed by atoms with Gasteiger partial charge >= 0.3 is 5.97 Å². The average Bonchev–Trinajstić information content (AvgIpc) is 2.68. The molecule has 0 unspecified atom stereocenters. The van der Waals surface area contributed by atoms with Gasteiger partial charge in [0.25, 0.3) is 0 Å². The van der Waals surface area contributed by atoms with Crippen molar-refractivity contribution in [2.45, 2.75) is 38.0 Å². The van der Waals surface area contributed by atoms with Crippen LogP contribution in [0.5, 0.6) is 0 Å². The molecule has 1 aromatic carbocycles. The van der Waals surface area contributed by atoms with Crippen LogP contribution >= 0.6 is 0 Å². The largest absolute Gasteiger partial charge is 0.469 e. The van der Waals surface area contributed by atoms with E-state index in [0.29, 0.717) is 30.2 Å². The molecule has 0 atom stereocenters. The van der Waals surface area contributed by atoms with Gasteiger partial charge in [0.05, 0.1) is 18.4 Å². The van der Waals surface area contributed by atoms with Gasteiger partial charge in [-0.2, -0.15) is 0 Å². The highest BCUT2D eigenvalue weighted by Crippen LogP contribution is 2.37. The van der Waals surface area contributed by atoms with E-state index in [2.05, 4.69) is 17.1 Å². The molecule has 0 spiro atoms. The van der Waals surface area contributed by atoms with Crippen LogP contribution in [0.3, 0.4) is 0 Å². The summed E-state index contributed by atoms with van der Waals surface area (Å²) in [7, 11) is 1.43. The number of esters is 1. The highest BCUT2D eigenvalue weighted by Gasteiger charge is 2.24. The van der Waals surface area contributed by atoms with Gasteiger partial charge in [-0.1, -0.05) is 24.3 Å². The predicted molar refractivity (Wildman–Crippen MR) is 96.4 cm³/mol. The first-order valence-electron chi connectivity index (χ1n) is 8.88. The van der Waals surface area contributed by atoms with Crippen molar-refractivity contribution < 1.29 is 18.7 Å². The van der Waals surface area contributed by atoms with Gasteiger partial charge in [0, 0.05) is 24.2 Å². The van der Waals surface area contributed by atoms with Crippen LogP contribution in [0.15, 0.2) is 36.5 Å². The summed E-state index contributed by atoms with van der Waals surface area (Å²) in [4.78, 5) is 26.2. The lowest BCUT2D eigenvalue weighted by Crippen LogP contribution is -2.17. The quantitative estimate of drug-likeness (QED) is 0.584. The fourth-order valence-electron chi connectivity index (χ4n) is 3.63. The highest BCUT2D eigenvalue weighted by atomic mass is 19.1. The first kappa shape index (κ1) is 18.2. The summed E-state index contributed by atoms with van der Waals surface area (Å²) in [6.07, 6.45) is 6.41. The minimum absolute atomic E-state index is 0.0333. The van der Waals surface area contributed by atoms with Crippen molar-refractivity contribution >= 4 is 12.3 Å². The van der Waals surface area contributed by atoms with E-state index in [1.165, 1.54) is 24.9 Å². The SMILES string of the molecule is COC(=O)C[C@H]1CC[C@H](c2ccc(-c3cc(F)c(C=O)cn3)cc2)CC1. The molecular weight excluding hydrogens is 333 g/mol. The van der Waals surface area contributed by atoms with Crippen molar-refractivity contribution in [1.82, 2.24) is 4.98 Å². The Hall–Kier alpha value is -2.56. The minimum atomic E-state index is -0.557. The number of hydrogen-bond acceptors (Lipinski definition) is 4. The first-order valence-corrected chi connectivity index (χ1v) is 8.88. The number of methoxy groups -OCH3 is 1. The van der Waals surface area contributed by atoms with Crippen LogP contribution in [0.4, 0.5) is 4.39 Å². The highest BCUT2D eigenvalue weighted by molar-refractivity contribution is 5.75. The standard InChI is InChI=1S/C21H22FNO3/c1-26-21(25)10-14-2-4-15(5-3-14)16-6-8-17(9-7-16)20-11-19(22)18(13-24)12-23-20/h6-9,11-15H,2-5,10H2,1H3/t14-,15-. The minimum Gasteiger partial charge on any atom is -0.469 e. The topological polar surface area (TPSA) is 56.3 Å². The van der Waals surface area contributed by atoms with E-state index in [1.54, 1.807) is 0 Å². The van der Waals surface area contributed by atoms with Crippen molar-refractivity contribution in [1.29, 1.82) is 0 Å². The maximum Gasteiger partial charge on any atom is 0.305 e. The third-order valence-electron chi connectivity index (χ3n) is 5.22. The zero-order valence-corrected chi connectivity index (χ0v) is 14.8. The molecule has 136 valence electrons. The van der Waals surface area contributed by atoms with E-state index >= 15 is 0 Å². The maximum atomic E-state index is 13.8. The predicted octanol–water partition coefficient (Wildman–Crippen LogP) is 4.54. The molecule has 26 heavy (non-hydrogen) atoms. The second-order valence-electron chi connectivity index (χ2n) is 6.83. The van der Waals surface area contributed by atoms with Crippen LogP contribution in [0.25, 0.3) is 11.3 Å². The van der Waals surface area contributed by atoms with E-state index in [4.69, 9.17) is 4.74 Å². The molecule has 1 heterocycles. The number of nitrogens with zero attached hydrogens (tertiary/aromatic N) is 1. The van der Waals surface area contributed by atoms with Gasteiger partial charge in [-0.15, -0.1) is 0 Å². The number of benzene rings is 1. The third kappa shape index (κ3) is 4.15. The number of aromatic nitrogens is 1. The fourth-order valence-corrected chi connectivity index (χ4v) is 3.63. The van der Waals surface area contributed by atoms with E-state index in [0.717, 1.165) is 31.2 Å². The zero-order chi connectivity index (χ0) is 18.5. The molecular formula is C21H22FNO3. The van der Waals surface area contributed by atoms with Gasteiger partial charge in [-0.3, -0.25) is 14.6 Å². The lowest BCUT2D eigenvalue weighted by Gasteiger charge is -2.28. The molecule has 3 rings (SSSR count). The smallest absolute Gasteiger partial charge is 0.305 e. The number of carbonyl (C=O) groups is 2. The van der Waals surface area contributed by atoms with Crippen molar-refractivity contribution in [3.8, 4) is 11.3 Å². The van der Waals surface area contributed by atoms with Crippen LogP contribution in [-0.4, -0.2) is 24.3 Å². The van der Waals surface area contributed by atoms with Crippen LogP contribution < -0.4 is 0 Å². The number of halogens is 1. The molecule has 0 saturated heterocycles. The summed E-state index contributed by atoms with van der Waals surface area (Å²) < 4.78 is 18.5. The zero-order valence-electron chi connectivity index (χ0n) is 14.8. The molecule has 1 aromatic heterocycles. The van der Waals surface area contributed by atoms with Crippen molar-refractivity contribution in [3.63, 3.8) is 0 Å². The van der Waals surface area contributed by atoms with E-state index in [1.807, 2.05) is 12.1 Å². The molecule has 0 bridgehead atoms. The number of pyridine rings is 1. The number of hydrogen-bond donors (Lipinski definition) is 0. The van der Waals surface area contributed by atoms with Crippen molar-refractivity contribution in [3.05, 3.63) is 53.5 Å². The Kier molecular flexibility index (Phi) is 5.76. The molecule has 0 aliphatic heterocycles. The Morgan fingerprint density at radius 3 is 2.50 bits per heavy atom. The molecule has 1 fully saturated rings. The summed E-state index contributed by atoms with van der Waals surface area (Å²) in [6, 6.07) is 9.30. The average molecular weight is 355 g/mol. The number of carbonyl (C=O) groups excluding carboxylic acids is 2. The van der Waals surface area contributed by atoms with E-state index in [-0.39, 0.29) is 11.5 Å². The van der Waals surface area contributed by atoms with Gasteiger partial charge < -0.3 is 4.74 Å². The number of ether oxygens (including phenoxy) is 1. The van der Waals surface area contributed by atoms with Crippen LogP contribution in [0.2, 0.25) is 0 Å². The lowest BCUT2D eigenvalue weighted by atomic mass is 9.77. The summed E-state index contributed by atoms with van der Waals surface area (Å²) in [6.45, 7) is 0. The van der Waals surface area contributed by atoms with E-state index < -0.39 is 5.82 Å². The summed E-state index contributed by atoms with van der Waals surface area (Å²) in [5, 5.41) is 0. The van der Waals surface area contributed by atoms with Gasteiger partial charge in [-0.05, 0) is 43.1 Å². The van der Waals surface area contributed by atoms with Gasteiger partial charge in [0.15, 0.2) is 6.29 Å². The summed E-state index contributed by atoms with van der Waals surface area (Å²) in [5.74, 6) is 0.220. The van der Waals surface area contributed by atoms with Crippen LogP contribution in [-0.2, 0) is 9.53 Å². The monoisotopic (exact) mass is 355 g/mol. The number of rotatable bonds is 5. The molecule has 1 aliphatic carbocycles. The van der Waals surface area contributed by atoms with Gasteiger partial charge in [-0.25, -0.2) is 4.39 Å². The van der Waals surface area contributed by atoms with Crippen molar-refractivity contribution in [2.24, 2.45) is 5.92 Å². The first-order chi connectivity index (χ1) is 12.6. The molecule has 0 amide bonds. The molecule has 0 N–H and O–H groups in total. The molecule has 1 aliphatic rings. The normalized spacial score (nSPS) is 19.8. The lowest BCUT2D eigenvalue weighted by molar-refractivity contribution is -0.142. The maximum absolute atomic E-state index is 13.8. The van der Waals surface area contributed by atoms with Crippen LogP contribution in [0, 0.1) is 11.7 Å². The Morgan fingerprint density at radius 1 is 1.23 bits per heavy atom. The Bertz CT molecular complexity index is 780. The third-order valence-corrected chi connectivity index (χ3v) is 5.22. The van der Waals surface area contributed by atoms with Crippen molar-refractivity contribution in [2.75, 3.05) is 7.11 Å². The van der Waals surface area contributed by atoms with Gasteiger partial charge in [0.1, 0.15) is 5.82 Å². The fraction of sp³-hybridized carbons (Fsp3) is 0.381. The second kappa shape index (κ2) is 8.21. The number of aldehydes is 1. The van der Waals surface area contributed by atoms with E-state index in [9.17, 15) is 14.0 Å². The molecule has 1 saturated carbocycles. The Morgan fingerprint density at radius 2 is 1.92 bits per heavy atom. The Balaban J connectivity index is 1.64.